The molecule has 296 valence electrons. The number of nitrogens with zero attached hydrogens (tertiary/aromatic N) is 2. The van der Waals surface area contributed by atoms with Gasteiger partial charge in [0.2, 0.25) is 0 Å². The molecule has 0 saturated carbocycles. The molecule has 12 atom stereocenters. The van der Waals surface area contributed by atoms with E-state index >= 15 is 0 Å². The molecule has 0 aromatic heterocycles. The monoisotopic (exact) mass is 760 g/mol. The maximum absolute atomic E-state index is 14.6. The minimum absolute atomic E-state index is 0.0869. The Morgan fingerprint density at radius 1 is 1.09 bits per heavy atom. The Bertz CT molecular complexity index is 1500. The van der Waals surface area contributed by atoms with Gasteiger partial charge in [-0.3, -0.25) is 4.79 Å². The molecule has 3 aliphatic rings. The topological polar surface area (TPSA) is 124 Å². The summed E-state index contributed by atoms with van der Waals surface area (Å²) in [6, 6.07) is 6.52. The Morgan fingerprint density at radius 3 is 2.36 bits per heavy atom. The maximum Gasteiger partial charge on any atom is 0.410 e. The Morgan fingerprint density at radius 2 is 1.75 bits per heavy atom. The molecule has 2 fully saturated rings. The molecule has 12 heteroatoms. The van der Waals surface area contributed by atoms with E-state index in [0.29, 0.717) is 29.9 Å². The van der Waals surface area contributed by atoms with Crippen molar-refractivity contribution in [3.63, 3.8) is 0 Å². The van der Waals surface area contributed by atoms with Gasteiger partial charge in [-0.25, -0.2) is 9.59 Å². The summed E-state index contributed by atoms with van der Waals surface area (Å²) in [5.41, 5.74) is -1.07. The third-order valence-corrected chi connectivity index (χ3v) is 11.8. The third-order valence-electron chi connectivity index (χ3n) is 11.5. The molecule has 11 nitrogen and oxygen atoms in total. The maximum atomic E-state index is 14.6. The zero-order valence-corrected chi connectivity index (χ0v) is 34.1. The molecule has 0 radical (unpaired) electrons. The summed E-state index contributed by atoms with van der Waals surface area (Å²) in [6.45, 7) is 15.0. The van der Waals surface area contributed by atoms with E-state index in [1.807, 2.05) is 97.0 Å². The number of methoxy groups -OCH3 is 1. The minimum atomic E-state index is -1.31. The van der Waals surface area contributed by atoms with Crippen LogP contribution in [0.5, 0.6) is 0 Å². The molecule has 1 aromatic carbocycles. The fourth-order valence-corrected chi connectivity index (χ4v) is 8.75. The van der Waals surface area contributed by atoms with Crippen molar-refractivity contribution in [1.29, 1.82) is 0 Å². The average molecular weight is 761 g/mol. The summed E-state index contributed by atoms with van der Waals surface area (Å²) in [5, 5.41) is 12.1. The Hall–Kier alpha value is -2.80. The molecule has 3 aliphatic heterocycles. The van der Waals surface area contributed by atoms with Crippen LogP contribution in [0.2, 0.25) is 5.02 Å². The number of amides is 1. The smallest absolute Gasteiger partial charge is 0.410 e. The Labute approximate surface area is 320 Å². The van der Waals surface area contributed by atoms with Gasteiger partial charge in [-0.05, 0) is 85.2 Å². The highest BCUT2D eigenvalue weighted by molar-refractivity contribution is 6.30. The lowest BCUT2D eigenvalue weighted by atomic mass is 9.74. The lowest BCUT2D eigenvalue weighted by molar-refractivity contribution is -0.294. The van der Waals surface area contributed by atoms with Gasteiger partial charge in [0, 0.05) is 48.0 Å². The molecule has 0 unspecified atom stereocenters. The highest BCUT2D eigenvalue weighted by atomic mass is 35.5. The number of hydrogen-bond acceptors (Lipinski definition) is 10. The SMILES string of the molecule is CC[C@H]1OC(=O)/C(C)=C/[C@H](C)[C@@H](O[C@@H]2O[C@H](C)C[C@H](N(C)C)[C@H]2O)[C@](C)(OC)C[C@@H](C)C(=O)[C@H](C)[C@H]2N(CC/C=C\c3ccc(Cl)cc3)C(=O)O[C@]12C. The number of halogens is 1. The second kappa shape index (κ2) is 17.8. The number of aliphatic hydroxyl groups excluding tert-OH is 1. The zero-order valence-electron chi connectivity index (χ0n) is 33.3. The van der Waals surface area contributed by atoms with Crippen LogP contribution in [0.3, 0.4) is 0 Å². The van der Waals surface area contributed by atoms with Crippen molar-refractivity contribution < 1.29 is 43.2 Å². The highest BCUT2D eigenvalue weighted by Crippen LogP contribution is 2.43. The normalized spacial score (nSPS) is 38.6. The van der Waals surface area contributed by atoms with Gasteiger partial charge in [0.05, 0.1) is 23.9 Å². The van der Waals surface area contributed by atoms with Crippen LogP contribution >= 0.6 is 11.6 Å². The van der Waals surface area contributed by atoms with Crippen molar-refractivity contribution in [3.8, 4) is 0 Å². The number of ether oxygens (including phenoxy) is 5. The van der Waals surface area contributed by atoms with E-state index in [-0.39, 0.29) is 30.9 Å². The number of fused-ring (bicyclic) bond motifs is 1. The number of carbonyl (C=O) groups excluding carboxylic acids is 3. The van der Waals surface area contributed by atoms with Crippen LogP contribution in [0.25, 0.3) is 6.08 Å². The molecule has 0 bridgehead atoms. The highest BCUT2D eigenvalue weighted by Gasteiger charge is 2.59. The first kappa shape index (κ1) is 42.9. The number of Topliss-reactive ketones (excluding diaryl/α,β-unsaturated/α-hetero) is 1. The zero-order chi connectivity index (χ0) is 39.4. The summed E-state index contributed by atoms with van der Waals surface area (Å²) in [7, 11) is 5.40. The third kappa shape index (κ3) is 9.54. The van der Waals surface area contributed by atoms with E-state index in [1.54, 1.807) is 31.9 Å². The average Bonchev–Trinajstić information content (AvgIpc) is 3.37. The van der Waals surface area contributed by atoms with E-state index in [1.165, 1.54) is 0 Å². The fraction of sp³-hybridized carbons (Fsp3) is 0.683. The van der Waals surface area contributed by atoms with E-state index in [4.69, 9.17) is 35.3 Å². The van der Waals surface area contributed by atoms with Crippen molar-refractivity contribution in [2.24, 2.45) is 17.8 Å². The molecule has 1 N–H and O–H groups in total. The number of cyclic esters (lactones) is 1. The van der Waals surface area contributed by atoms with Crippen LogP contribution in [0.4, 0.5) is 4.79 Å². The lowest BCUT2D eigenvalue weighted by Gasteiger charge is -2.47. The fourth-order valence-electron chi connectivity index (χ4n) is 8.62. The van der Waals surface area contributed by atoms with Gasteiger partial charge in [-0.2, -0.15) is 0 Å². The second-order valence-corrected chi connectivity index (χ2v) is 16.3. The van der Waals surface area contributed by atoms with Crippen LogP contribution in [-0.4, -0.2) is 114 Å². The van der Waals surface area contributed by atoms with Crippen molar-refractivity contribution in [3.05, 3.63) is 52.6 Å². The van der Waals surface area contributed by atoms with Gasteiger partial charge < -0.3 is 38.6 Å². The van der Waals surface area contributed by atoms with Gasteiger partial charge in [0.15, 0.2) is 11.9 Å². The molecular weight excluding hydrogens is 700 g/mol. The van der Waals surface area contributed by atoms with Crippen LogP contribution in [0.1, 0.15) is 86.6 Å². The van der Waals surface area contributed by atoms with Gasteiger partial charge in [-0.15, -0.1) is 0 Å². The molecule has 0 spiro atoms. The van der Waals surface area contributed by atoms with E-state index < -0.39 is 71.7 Å². The van der Waals surface area contributed by atoms with Crippen LogP contribution in [-0.2, 0) is 33.3 Å². The van der Waals surface area contributed by atoms with Crippen molar-refractivity contribution in [2.75, 3.05) is 27.7 Å². The molecule has 1 amide bonds. The van der Waals surface area contributed by atoms with Crippen molar-refractivity contribution in [1.82, 2.24) is 9.80 Å². The number of benzene rings is 1. The second-order valence-electron chi connectivity index (χ2n) is 15.9. The quantitative estimate of drug-likeness (QED) is 0.273. The number of esters is 1. The Balaban J connectivity index is 1.72. The summed E-state index contributed by atoms with van der Waals surface area (Å²) < 4.78 is 31.4. The summed E-state index contributed by atoms with van der Waals surface area (Å²) in [6.07, 6.45) is 3.19. The van der Waals surface area contributed by atoms with Gasteiger partial charge in [-0.1, -0.05) is 69.7 Å². The standard InChI is InChI=1S/C41H61ClN2O9/c1-12-32-41(8)35(44(39(48)53-41)20-14-13-15-29-16-18-30(42)19-17-29)28(6)33(45)26(4)23-40(7,49-11)36(24(2)21-25(3)37(47)51-32)52-38-34(46)31(43(9)10)22-27(5)50-38/h13,15-19,21,24,26-28,31-32,34-36,38,46H,12,14,20,22-23H2,1-11H3/b15-13-,25-21+/t24-,26+,27+,28-,31-,32+,34+,35+,36+,38-,40+,41+/m0/s1. The van der Waals surface area contributed by atoms with Crippen molar-refractivity contribution in [2.45, 2.75) is 135 Å². The van der Waals surface area contributed by atoms with Gasteiger partial charge in [0.1, 0.15) is 18.0 Å². The van der Waals surface area contributed by atoms with Gasteiger partial charge in [0.25, 0.3) is 0 Å². The molecule has 1 aromatic rings. The number of hydrogen-bond donors (Lipinski definition) is 1. The first-order valence-corrected chi connectivity index (χ1v) is 19.3. The minimum Gasteiger partial charge on any atom is -0.455 e. The van der Waals surface area contributed by atoms with Gasteiger partial charge >= 0.3 is 12.1 Å². The number of ketones is 1. The Kier molecular flexibility index (Phi) is 14.4. The number of likely N-dealkylation sites (N-methyl/N-ethyl adjacent to an activating group) is 1. The first-order chi connectivity index (χ1) is 24.9. The predicted molar refractivity (Wildman–Crippen MR) is 204 cm³/mol. The molecule has 3 heterocycles. The van der Waals surface area contributed by atoms with E-state index in [0.717, 1.165) is 5.56 Å². The molecule has 53 heavy (non-hydrogen) atoms. The van der Waals surface area contributed by atoms with Crippen LogP contribution < -0.4 is 0 Å². The molecular formula is C41H61ClN2O9. The molecule has 4 rings (SSSR count). The summed E-state index contributed by atoms with van der Waals surface area (Å²) in [4.78, 5) is 45.7. The summed E-state index contributed by atoms with van der Waals surface area (Å²) in [5.74, 6) is -2.33. The van der Waals surface area contributed by atoms with Crippen LogP contribution in [0.15, 0.2) is 42.0 Å². The number of carbonyl (C=O) groups is 3. The van der Waals surface area contributed by atoms with Crippen LogP contribution in [0, 0.1) is 17.8 Å². The number of rotatable bonds is 9. The predicted octanol–water partition coefficient (Wildman–Crippen LogP) is 6.69. The van der Waals surface area contributed by atoms with E-state index in [2.05, 4.69) is 0 Å². The van der Waals surface area contributed by atoms with E-state index in [9.17, 15) is 19.5 Å². The molecule has 2 saturated heterocycles. The summed E-state index contributed by atoms with van der Waals surface area (Å²) >= 11 is 6.04. The molecule has 0 aliphatic carbocycles. The van der Waals surface area contributed by atoms with Crippen molar-refractivity contribution >= 4 is 35.5 Å². The first-order valence-electron chi connectivity index (χ1n) is 18.9. The lowest BCUT2D eigenvalue weighted by Crippen LogP contribution is -2.59. The largest absolute Gasteiger partial charge is 0.455 e. The number of aliphatic hydroxyl groups is 1.